The third-order valence-electron chi connectivity index (χ3n) is 3.03. The molecular weight excluding hydrogens is 254 g/mol. The van der Waals surface area contributed by atoms with E-state index in [1.165, 1.54) is 0 Å². The van der Waals surface area contributed by atoms with Crippen LogP contribution in [-0.2, 0) is 0 Å². The van der Waals surface area contributed by atoms with E-state index in [2.05, 4.69) is 19.8 Å². The van der Waals surface area contributed by atoms with Gasteiger partial charge in [-0.3, -0.25) is 4.90 Å². The summed E-state index contributed by atoms with van der Waals surface area (Å²) < 4.78 is 0. The maximum atomic E-state index is 8.81. The molecule has 0 radical (unpaired) electrons. The highest BCUT2D eigenvalue weighted by atomic mass is 35.5. The van der Waals surface area contributed by atoms with Crippen LogP contribution in [-0.4, -0.2) is 59.3 Å². The Bertz CT molecular complexity index is 375. The fourth-order valence-corrected chi connectivity index (χ4v) is 2.26. The predicted molar refractivity (Wildman–Crippen MR) is 71.8 cm³/mol. The molecule has 0 bridgehead atoms. The molecule has 1 aliphatic rings. The molecule has 1 aromatic heterocycles. The molecule has 0 amide bonds. The summed E-state index contributed by atoms with van der Waals surface area (Å²) in [7, 11) is 0. The Kier molecular flexibility index (Phi) is 4.57. The van der Waals surface area contributed by atoms with E-state index in [9.17, 15) is 0 Å². The van der Waals surface area contributed by atoms with Crippen molar-refractivity contribution in [1.29, 1.82) is 0 Å². The number of anilines is 2. The predicted octanol–water partition coefficient (Wildman–Crippen LogP) is 0.217. The van der Waals surface area contributed by atoms with E-state index in [1.54, 1.807) is 6.07 Å². The second-order valence-corrected chi connectivity index (χ2v) is 4.70. The van der Waals surface area contributed by atoms with Gasteiger partial charge in [0.2, 0.25) is 5.95 Å². The monoisotopic (exact) mass is 271 g/mol. The lowest BCUT2D eigenvalue weighted by atomic mass is 10.3. The van der Waals surface area contributed by atoms with Gasteiger partial charge in [0.1, 0.15) is 11.0 Å². The van der Waals surface area contributed by atoms with Crippen LogP contribution in [0.2, 0.25) is 5.15 Å². The van der Waals surface area contributed by atoms with Crippen molar-refractivity contribution in [2.45, 2.75) is 6.42 Å². The Morgan fingerprint density at radius 1 is 1.28 bits per heavy atom. The standard InChI is InChI=1S/C11H18ClN5O/c12-9-8-10(15-11(13)14-9)17-5-3-16(4-6-17)2-1-7-18/h8,18H,1-7H2,(H2,13,14,15). The highest BCUT2D eigenvalue weighted by Gasteiger charge is 2.18. The molecule has 18 heavy (non-hydrogen) atoms. The first-order valence-corrected chi connectivity index (χ1v) is 6.45. The summed E-state index contributed by atoms with van der Waals surface area (Å²) in [6, 6.07) is 1.74. The zero-order chi connectivity index (χ0) is 13.0. The molecule has 6 nitrogen and oxygen atoms in total. The van der Waals surface area contributed by atoms with E-state index >= 15 is 0 Å². The zero-order valence-electron chi connectivity index (χ0n) is 10.2. The Labute approximate surface area is 111 Å². The molecule has 0 aromatic carbocycles. The smallest absolute Gasteiger partial charge is 0.223 e. The van der Waals surface area contributed by atoms with E-state index in [4.69, 9.17) is 22.4 Å². The van der Waals surface area contributed by atoms with E-state index in [0.29, 0.717) is 5.15 Å². The number of hydrogen-bond acceptors (Lipinski definition) is 6. The van der Waals surface area contributed by atoms with E-state index in [1.807, 2.05) is 0 Å². The molecular formula is C11H18ClN5O. The van der Waals surface area contributed by atoms with Crippen molar-refractivity contribution in [2.75, 3.05) is 50.0 Å². The number of nitrogen functional groups attached to an aromatic ring is 1. The van der Waals surface area contributed by atoms with E-state index in [-0.39, 0.29) is 12.6 Å². The SMILES string of the molecule is Nc1nc(Cl)cc(N2CCN(CCCO)CC2)n1. The largest absolute Gasteiger partial charge is 0.396 e. The zero-order valence-corrected chi connectivity index (χ0v) is 11.0. The average Bonchev–Trinajstić information content (AvgIpc) is 2.36. The molecule has 0 unspecified atom stereocenters. The molecule has 1 saturated heterocycles. The summed E-state index contributed by atoms with van der Waals surface area (Å²) in [5.41, 5.74) is 5.59. The van der Waals surface area contributed by atoms with Gasteiger partial charge in [0.15, 0.2) is 0 Å². The number of nitrogens with two attached hydrogens (primary N) is 1. The minimum atomic E-state index is 0.209. The minimum absolute atomic E-state index is 0.209. The molecule has 2 rings (SSSR count). The number of aromatic nitrogens is 2. The number of nitrogens with zero attached hydrogens (tertiary/aromatic N) is 4. The van der Waals surface area contributed by atoms with E-state index in [0.717, 1.165) is 45.0 Å². The fourth-order valence-electron chi connectivity index (χ4n) is 2.08. The first kappa shape index (κ1) is 13.3. The molecule has 0 saturated carbocycles. The summed E-state index contributed by atoms with van der Waals surface area (Å²) in [6.45, 7) is 4.88. The van der Waals surface area contributed by atoms with Crippen LogP contribution in [0.25, 0.3) is 0 Å². The number of piperazine rings is 1. The van der Waals surface area contributed by atoms with Crippen LogP contribution in [0, 0.1) is 0 Å². The first-order chi connectivity index (χ1) is 8.69. The van der Waals surface area contributed by atoms with Crippen LogP contribution in [0.15, 0.2) is 6.07 Å². The molecule has 7 heteroatoms. The fraction of sp³-hybridized carbons (Fsp3) is 0.636. The number of aliphatic hydroxyl groups is 1. The number of hydrogen-bond donors (Lipinski definition) is 2. The van der Waals surface area contributed by atoms with Crippen molar-refractivity contribution >= 4 is 23.4 Å². The summed E-state index contributed by atoms with van der Waals surface area (Å²) in [5, 5.41) is 9.18. The molecule has 1 fully saturated rings. The van der Waals surface area contributed by atoms with E-state index < -0.39 is 0 Å². The quantitative estimate of drug-likeness (QED) is 0.763. The van der Waals surface area contributed by atoms with Crippen molar-refractivity contribution in [1.82, 2.24) is 14.9 Å². The second-order valence-electron chi connectivity index (χ2n) is 4.31. The Morgan fingerprint density at radius 2 is 2.00 bits per heavy atom. The van der Waals surface area contributed by atoms with Gasteiger partial charge in [-0.2, -0.15) is 4.98 Å². The lowest BCUT2D eigenvalue weighted by molar-refractivity contribution is 0.215. The number of rotatable bonds is 4. The van der Waals surface area contributed by atoms with Crippen molar-refractivity contribution in [2.24, 2.45) is 0 Å². The summed E-state index contributed by atoms with van der Waals surface area (Å²) in [6.07, 6.45) is 0.826. The van der Waals surface area contributed by atoms with Crippen LogP contribution in [0.5, 0.6) is 0 Å². The minimum Gasteiger partial charge on any atom is -0.396 e. The van der Waals surface area contributed by atoms with Gasteiger partial charge in [-0.25, -0.2) is 4.98 Å². The maximum Gasteiger partial charge on any atom is 0.223 e. The third-order valence-corrected chi connectivity index (χ3v) is 3.22. The van der Waals surface area contributed by atoms with Gasteiger partial charge in [0.05, 0.1) is 0 Å². The van der Waals surface area contributed by atoms with Gasteiger partial charge in [0, 0.05) is 45.4 Å². The van der Waals surface area contributed by atoms with Crippen LogP contribution < -0.4 is 10.6 Å². The molecule has 0 spiro atoms. The Hall–Kier alpha value is -1.11. The van der Waals surface area contributed by atoms with Crippen molar-refractivity contribution in [3.05, 3.63) is 11.2 Å². The number of aliphatic hydroxyl groups excluding tert-OH is 1. The maximum absolute atomic E-state index is 8.81. The van der Waals surface area contributed by atoms with Crippen LogP contribution >= 0.6 is 11.6 Å². The van der Waals surface area contributed by atoms with Gasteiger partial charge in [-0.1, -0.05) is 11.6 Å². The highest BCUT2D eigenvalue weighted by molar-refractivity contribution is 6.29. The average molecular weight is 272 g/mol. The summed E-state index contributed by atoms with van der Waals surface area (Å²) in [4.78, 5) is 12.5. The highest BCUT2D eigenvalue weighted by Crippen LogP contribution is 2.18. The van der Waals surface area contributed by atoms with Gasteiger partial charge >= 0.3 is 0 Å². The topological polar surface area (TPSA) is 78.5 Å². The van der Waals surface area contributed by atoms with Gasteiger partial charge < -0.3 is 15.7 Å². The Balaban J connectivity index is 1.92. The second kappa shape index (κ2) is 6.17. The van der Waals surface area contributed by atoms with Crippen molar-refractivity contribution in [3.8, 4) is 0 Å². The van der Waals surface area contributed by atoms with Crippen LogP contribution in [0.1, 0.15) is 6.42 Å². The summed E-state index contributed by atoms with van der Waals surface area (Å²) >= 11 is 5.87. The molecule has 0 aliphatic carbocycles. The van der Waals surface area contributed by atoms with Gasteiger partial charge in [-0.05, 0) is 6.42 Å². The van der Waals surface area contributed by atoms with Crippen LogP contribution in [0.3, 0.4) is 0 Å². The molecule has 1 aliphatic heterocycles. The molecule has 2 heterocycles. The lowest BCUT2D eigenvalue weighted by Crippen LogP contribution is -2.47. The Morgan fingerprint density at radius 3 is 2.61 bits per heavy atom. The molecule has 1 aromatic rings. The number of halogens is 1. The van der Waals surface area contributed by atoms with Crippen molar-refractivity contribution < 1.29 is 5.11 Å². The molecule has 0 atom stereocenters. The van der Waals surface area contributed by atoms with Crippen LogP contribution in [0.4, 0.5) is 11.8 Å². The third kappa shape index (κ3) is 3.44. The normalized spacial score (nSPS) is 17.1. The first-order valence-electron chi connectivity index (χ1n) is 6.07. The van der Waals surface area contributed by atoms with Gasteiger partial charge in [-0.15, -0.1) is 0 Å². The summed E-state index contributed by atoms with van der Waals surface area (Å²) in [5.74, 6) is 0.995. The molecule has 3 N–H and O–H groups in total. The lowest BCUT2D eigenvalue weighted by Gasteiger charge is -2.35. The van der Waals surface area contributed by atoms with Gasteiger partial charge in [0.25, 0.3) is 0 Å². The molecule has 100 valence electrons. The van der Waals surface area contributed by atoms with Crippen molar-refractivity contribution in [3.63, 3.8) is 0 Å².